The second kappa shape index (κ2) is 6.31. The molecule has 0 radical (unpaired) electrons. The Morgan fingerprint density at radius 2 is 1.96 bits per heavy atom. The van der Waals surface area contributed by atoms with E-state index in [0.717, 1.165) is 18.8 Å². The van der Waals surface area contributed by atoms with Gasteiger partial charge in [-0.3, -0.25) is 9.58 Å². The van der Waals surface area contributed by atoms with Crippen molar-refractivity contribution in [2.24, 2.45) is 0 Å². The zero-order chi connectivity index (χ0) is 16.6. The molecule has 2 aliphatic rings. The second-order valence-electron chi connectivity index (χ2n) is 6.60. The molecule has 1 aliphatic carbocycles. The molecule has 6 nitrogen and oxygen atoms in total. The van der Waals surface area contributed by atoms with E-state index in [9.17, 15) is 8.42 Å². The van der Waals surface area contributed by atoms with Gasteiger partial charge in [0.15, 0.2) is 0 Å². The van der Waals surface area contributed by atoms with E-state index in [1.807, 2.05) is 16.8 Å². The van der Waals surface area contributed by atoms with Gasteiger partial charge < -0.3 is 0 Å². The minimum absolute atomic E-state index is 0.0304. The molecule has 1 aliphatic heterocycles. The Balaban J connectivity index is 1.49. The number of sulfonamides is 1. The maximum Gasteiger partial charge on any atom is 0.240 e. The van der Waals surface area contributed by atoms with Crippen molar-refractivity contribution < 1.29 is 8.42 Å². The third-order valence-electron chi connectivity index (χ3n) is 5.06. The largest absolute Gasteiger partial charge is 0.292 e. The molecule has 0 amide bonds. The van der Waals surface area contributed by atoms with Crippen molar-refractivity contribution in [3.8, 4) is 0 Å². The van der Waals surface area contributed by atoms with Crippen LogP contribution in [0.15, 0.2) is 47.5 Å². The van der Waals surface area contributed by atoms with Crippen molar-refractivity contribution in [2.75, 3.05) is 13.1 Å². The summed E-state index contributed by atoms with van der Waals surface area (Å²) >= 11 is 0. The Morgan fingerprint density at radius 1 is 1.17 bits per heavy atom. The molecule has 1 aromatic heterocycles. The second-order valence-corrected chi connectivity index (χ2v) is 8.37. The van der Waals surface area contributed by atoms with Crippen LogP contribution in [0.2, 0.25) is 0 Å². The van der Waals surface area contributed by atoms with Gasteiger partial charge >= 0.3 is 0 Å². The van der Waals surface area contributed by atoms with Crippen molar-refractivity contribution in [2.45, 2.75) is 42.8 Å². The molecule has 1 N–H and O–H groups in total. The first-order chi connectivity index (χ1) is 11.6. The Kier molecular flexibility index (Phi) is 4.15. The predicted octanol–water partition coefficient (Wildman–Crippen LogP) is 1.77. The van der Waals surface area contributed by atoms with Gasteiger partial charge in [0.1, 0.15) is 0 Å². The topological polar surface area (TPSA) is 67.2 Å². The molecular weight excluding hydrogens is 324 g/mol. The summed E-state index contributed by atoms with van der Waals surface area (Å²) in [5.41, 5.74) is 1.16. The van der Waals surface area contributed by atoms with Gasteiger partial charge in [0.05, 0.1) is 16.6 Å². The van der Waals surface area contributed by atoms with Crippen molar-refractivity contribution in [1.82, 2.24) is 19.4 Å². The van der Waals surface area contributed by atoms with Crippen LogP contribution in [0.4, 0.5) is 0 Å². The molecule has 1 aromatic carbocycles. The van der Waals surface area contributed by atoms with Crippen molar-refractivity contribution >= 4 is 10.0 Å². The third-order valence-corrected chi connectivity index (χ3v) is 6.50. The van der Waals surface area contributed by atoms with E-state index < -0.39 is 10.0 Å². The zero-order valence-corrected chi connectivity index (χ0v) is 14.3. The number of rotatable bonds is 5. The summed E-state index contributed by atoms with van der Waals surface area (Å²) in [5.74, 6) is 0. The Hall–Kier alpha value is -1.70. The highest BCUT2D eigenvalue weighted by atomic mass is 32.2. The van der Waals surface area contributed by atoms with Crippen LogP contribution in [0.25, 0.3) is 0 Å². The standard InChI is InChI=1S/C17H22N4O2S/c22-24(23,17-7-2-1-3-8-17)19-11-16-13-20(14-5-4-6-14)12-15-9-10-18-21(15)16/h1-3,7-10,14,16,19H,4-6,11-13H2/t16-/m1/s1. The molecule has 1 atom stereocenters. The number of nitrogens with zero attached hydrogens (tertiary/aromatic N) is 3. The number of hydrogen-bond acceptors (Lipinski definition) is 4. The zero-order valence-electron chi connectivity index (χ0n) is 13.5. The molecule has 128 valence electrons. The molecule has 0 saturated heterocycles. The maximum absolute atomic E-state index is 12.5. The van der Waals surface area contributed by atoms with Gasteiger partial charge in [-0.25, -0.2) is 13.1 Å². The minimum Gasteiger partial charge on any atom is -0.292 e. The van der Waals surface area contributed by atoms with Gasteiger partial charge in [0.2, 0.25) is 10.0 Å². The Bertz CT molecular complexity index is 799. The molecule has 2 aromatic rings. The summed E-state index contributed by atoms with van der Waals surface area (Å²) in [7, 11) is -3.48. The Labute approximate surface area is 142 Å². The monoisotopic (exact) mass is 346 g/mol. The molecule has 0 bridgehead atoms. The van der Waals surface area contributed by atoms with E-state index >= 15 is 0 Å². The quantitative estimate of drug-likeness (QED) is 0.896. The molecule has 0 unspecified atom stereocenters. The van der Waals surface area contributed by atoms with E-state index in [4.69, 9.17) is 0 Å². The van der Waals surface area contributed by atoms with Gasteiger partial charge in [-0.05, 0) is 31.0 Å². The first-order valence-electron chi connectivity index (χ1n) is 8.45. The lowest BCUT2D eigenvalue weighted by Gasteiger charge is -2.42. The summed E-state index contributed by atoms with van der Waals surface area (Å²) in [6.45, 7) is 2.11. The number of hydrogen-bond donors (Lipinski definition) is 1. The number of aromatic nitrogens is 2. The van der Waals surface area contributed by atoms with Crippen LogP contribution in [-0.2, 0) is 16.6 Å². The molecule has 1 saturated carbocycles. The average molecular weight is 346 g/mol. The van der Waals surface area contributed by atoms with Crippen LogP contribution in [0.3, 0.4) is 0 Å². The number of fused-ring (bicyclic) bond motifs is 1. The lowest BCUT2D eigenvalue weighted by atomic mass is 9.90. The summed E-state index contributed by atoms with van der Waals surface area (Å²) in [6, 6.07) is 11.2. The van der Waals surface area contributed by atoms with Gasteiger partial charge in [-0.1, -0.05) is 24.6 Å². The summed E-state index contributed by atoms with van der Waals surface area (Å²) in [4.78, 5) is 2.78. The van der Waals surface area contributed by atoms with Crippen LogP contribution < -0.4 is 4.72 Å². The van der Waals surface area contributed by atoms with E-state index in [0.29, 0.717) is 17.5 Å². The summed E-state index contributed by atoms with van der Waals surface area (Å²) < 4.78 is 29.6. The highest BCUT2D eigenvalue weighted by molar-refractivity contribution is 7.89. The Morgan fingerprint density at radius 3 is 2.67 bits per heavy atom. The molecule has 1 fully saturated rings. The molecule has 7 heteroatoms. The average Bonchev–Trinajstić information content (AvgIpc) is 3.00. The predicted molar refractivity (Wildman–Crippen MR) is 90.9 cm³/mol. The number of benzene rings is 1. The third kappa shape index (κ3) is 2.99. The number of nitrogens with one attached hydrogen (secondary N) is 1. The first kappa shape index (κ1) is 15.8. The van der Waals surface area contributed by atoms with Crippen LogP contribution in [-0.4, -0.2) is 42.2 Å². The fraction of sp³-hybridized carbons (Fsp3) is 0.471. The molecule has 2 heterocycles. The van der Waals surface area contributed by atoms with E-state index in [2.05, 4.69) is 14.7 Å². The van der Waals surface area contributed by atoms with Crippen molar-refractivity contribution in [3.63, 3.8) is 0 Å². The molecule has 24 heavy (non-hydrogen) atoms. The van der Waals surface area contributed by atoms with Crippen LogP contribution in [0, 0.1) is 0 Å². The van der Waals surface area contributed by atoms with Crippen LogP contribution >= 0.6 is 0 Å². The normalized spacial score (nSPS) is 22.1. The van der Waals surface area contributed by atoms with Crippen LogP contribution in [0.5, 0.6) is 0 Å². The van der Waals surface area contributed by atoms with E-state index in [1.165, 1.54) is 19.3 Å². The highest BCUT2D eigenvalue weighted by Crippen LogP contribution is 2.30. The molecule has 0 spiro atoms. The van der Waals surface area contributed by atoms with E-state index in [-0.39, 0.29) is 6.04 Å². The van der Waals surface area contributed by atoms with Gasteiger partial charge in [0, 0.05) is 31.9 Å². The SMILES string of the molecule is O=S(=O)(NC[C@@H]1CN(C2CCC2)Cc2ccnn21)c1ccccc1. The minimum atomic E-state index is -3.48. The fourth-order valence-electron chi connectivity index (χ4n) is 3.49. The van der Waals surface area contributed by atoms with Gasteiger partial charge in [0.25, 0.3) is 0 Å². The first-order valence-corrected chi connectivity index (χ1v) is 9.93. The maximum atomic E-state index is 12.5. The lowest BCUT2D eigenvalue weighted by Crippen LogP contribution is -2.48. The fourth-order valence-corrected chi connectivity index (χ4v) is 4.58. The molecule has 4 rings (SSSR count). The smallest absolute Gasteiger partial charge is 0.240 e. The summed E-state index contributed by atoms with van der Waals surface area (Å²) in [6.07, 6.45) is 5.59. The van der Waals surface area contributed by atoms with Gasteiger partial charge in [-0.2, -0.15) is 5.10 Å². The lowest BCUT2D eigenvalue weighted by molar-refractivity contribution is 0.0763. The van der Waals surface area contributed by atoms with Gasteiger partial charge in [-0.15, -0.1) is 0 Å². The highest BCUT2D eigenvalue weighted by Gasteiger charge is 2.33. The van der Waals surface area contributed by atoms with Crippen molar-refractivity contribution in [1.29, 1.82) is 0 Å². The molecular formula is C17H22N4O2S. The van der Waals surface area contributed by atoms with Crippen LogP contribution in [0.1, 0.15) is 31.0 Å². The summed E-state index contributed by atoms with van der Waals surface area (Å²) in [5, 5.41) is 4.40. The van der Waals surface area contributed by atoms with Crippen molar-refractivity contribution in [3.05, 3.63) is 48.3 Å². The van der Waals surface area contributed by atoms with E-state index in [1.54, 1.807) is 30.5 Å².